The van der Waals surface area contributed by atoms with Crippen LogP contribution in [0.3, 0.4) is 0 Å². The van der Waals surface area contributed by atoms with Gasteiger partial charge in [0.15, 0.2) is 14.3 Å². The van der Waals surface area contributed by atoms with E-state index in [0.717, 1.165) is 4.88 Å². The predicted molar refractivity (Wildman–Crippen MR) is 86.6 cm³/mol. The highest BCUT2D eigenvalue weighted by molar-refractivity contribution is 7.91. The van der Waals surface area contributed by atoms with Crippen LogP contribution in [0.5, 0.6) is 5.75 Å². The van der Waals surface area contributed by atoms with Crippen molar-refractivity contribution >= 4 is 38.5 Å². The number of aliphatic hydroxyl groups excluding tert-OH is 1. The second-order valence-corrected chi connectivity index (χ2v) is 8.14. The molecule has 120 valence electrons. The van der Waals surface area contributed by atoms with E-state index in [1.54, 1.807) is 12.3 Å². The van der Waals surface area contributed by atoms with E-state index < -0.39 is 16.4 Å². The first-order chi connectivity index (χ1) is 10.5. The van der Waals surface area contributed by atoms with Gasteiger partial charge in [-0.3, -0.25) is 0 Å². The third-order valence-corrected chi connectivity index (χ3v) is 5.68. The summed E-state index contributed by atoms with van der Waals surface area (Å²) in [5.41, 5.74) is 0.547. The van der Waals surface area contributed by atoms with Crippen molar-refractivity contribution in [2.45, 2.75) is 11.4 Å². The molecule has 0 atom stereocenters. The van der Waals surface area contributed by atoms with Crippen molar-refractivity contribution in [2.75, 3.05) is 24.8 Å². The van der Waals surface area contributed by atoms with Crippen molar-refractivity contribution in [3.8, 4) is 5.75 Å². The number of aromatic nitrogens is 1. The van der Waals surface area contributed by atoms with Crippen LogP contribution in [0.4, 0.5) is 5.69 Å². The molecule has 2 N–H and O–H groups in total. The predicted octanol–water partition coefficient (Wildman–Crippen LogP) is 2.18. The largest absolute Gasteiger partial charge is 0.495 e. The Morgan fingerprint density at radius 3 is 2.82 bits per heavy atom. The molecule has 2 aromatic rings. The van der Waals surface area contributed by atoms with Crippen molar-refractivity contribution in [3.63, 3.8) is 0 Å². The van der Waals surface area contributed by atoms with Gasteiger partial charge in [-0.15, -0.1) is 11.3 Å². The highest BCUT2D eigenvalue weighted by Gasteiger charge is 2.16. The Labute approximate surface area is 137 Å². The molecule has 0 spiro atoms. The number of halogens is 1. The van der Waals surface area contributed by atoms with Gasteiger partial charge in [0, 0.05) is 11.1 Å². The number of thiazole rings is 1. The number of hydrogen-bond acceptors (Lipinski definition) is 7. The quantitative estimate of drug-likeness (QED) is 0.784. The van der Waals surface area contributed by atoms with Gasteiger partial charge in [-0.2, -0.15) is 0 Å². The van der Waals surface area contributed by atoms with Gasteiger partial charge in [-0.1, -0.05) is 11.6 Å². The van der Waals surface area contributed by atoms with E-state index in [2.05, 4.69) is 10.3 Å². The number of methoxy groups -OCH3 is 1. The fourth-order valence-corrected chi connectivity index (χ4v) is 3.77. The molecule has 0 aliphatic carbocycles. The van der Waals surface area contributed by atoms with E-state index in [1.165, 1.54) is 30.6 Å². The van der Waals surface area contributed by atoms with Gasteiger partial charge in [-0.05, 0) is 18.2 Å². The monoisotopic (exact) mass is 362 g/mol. The van der Waals surface area contributed by atoms with Gasteiger partial charge >= 0.3 is 0 Å². The van der Waals surface area contributed by atoms with Crippen molar-refractivity contribution in [3.05, 3.63) is 33.7 Å². The summed E-state index contributed by atoms with van der Waals surface area (Å²) in [7, 11) is -2.01. The summed E-state index contributed by atoms with van der Waals surface area (Å²) in [5, 5.41) is 12.0. The van der Waals surface area contributed by atoms with Crippen LogP contribution < -0.4 is 10.1 Å². The fourth-order valence-electron chi connectivity index (χ4n) is 1.80. The van der Waals surface area contributed by atoms with Crippen LogP contribution in [0.1, 0.15) is 4.88 Å². The molecule has 0 aliphatic rings. The average molecular weight is 363 g/mol. The van der Waals surface area contributed by atoms with Gasteiger partial charge in [0.05, 0.1) is 36.6 Å². The van der Waals surface area contributed by atoms with E-state index in [-0.39, 0.29) is 10.6 Å². The summed E-state index contributed by atoms with van der Waals surface area (Å²) in [5.74, 6) is 0.210. The average Bonchev–Trinajstić information content (AvgIpc) is 2.90. The van der Waals surface area contributed by atoms with Crippen LogP contribution in [0, 0.1) is 0 Å². The molecular formula is C13H15ClN2O4S2. The minimum atomic E-state index is -3.51. The first-order valence-corrected chi connectivity index (χ1v) is 9.16. The molecule has 0 radical (unpaired) electrons. The second kappa shape index (κ2) is 7.28. The number of benzene rings is 1. The smallest absolute Gasteiger partial charge is 0.183 e. The fraction of sp³-hybridized carbons (Fsp3) is 0.308. The number of sulfone groups is 1. The lowest BCUT2D eigenvalue weighted by molar-refractivity contribution is 0.319. The molecule has 0 saturated heterocycles. The highest BCUT2D eigenvalue weighted by atomic mass is 35.5. The number of ether oxygens (including phenoxy) is 1. The molecule has 9 heteroatoms. The lowest BCUT2D eigenvalue weighted by atomic mass is 10.3. The van der Waals surface area contributed by atoms with E-state index in [4.69, 9.17) is 21.4 Å². The molecule has 0 saturated carbocycles. The number of nitrogens with zero attached hydrogens (tertiary/aromatic N) is 1. The van der Waals surface area contributed by atoms with E-state index in [9.17, 15) is 8.42 Å². The SMILES string of the molecule is COc1ccc(S(=O)(=O)CCO)cc1NCc1cnc(Cl)s1. The number of anilines is 1. The summed E-state index contributed by atoms with van der Waals surface area (Å²) in [6, 6.07) is 4.53. The summed E-state index contributed by atoms with van der Waals surface area (Å²) >= 11 is 7.11. The van der Waals surface area contributed by atoms with Crippen molar-refractivity contribution in [1.82, 2.24) is 4.98 Å². The molecule has 2 rings (SSSR count). The third-order valence-electron chi connectivity index (χ3n) is 2.87. The lowest BCUT2D eigenvalue weighted by Gasteiger charge is -2.12. The maximum atomic E-state index is 12.0. The third kappa shape index (κ3) is 4.10. The molecule has 1 heterocycles. The van der Waals surface area contributed by atoms with Crippen molar-refractivity contribution < 1.29 is 18.3 Å². The van der Waals surface area contributed by atoms with Gasteiger partial charge in [0.1, 0.15) is 5.75 Å². The van der Waals surface area contributed by atoms with Crippen LogP contribution in [0.15, 0.2) is 29.3 Å². The van der Waals surface area contributed by atoms with E-state index >= 15 is 0 Å². The Balaban J connectivity index is 2.24. The standard InChI is InChI=1S/C13H15ClN2O4S2/c1-20-12-3-2-10(22(18,19)5-4-17)6-11(12)15-7-9-8-16-13(14)21-9/h2-3,6,8,15,17H,4-5,7H2,1H3. The molecule has 0 bridgehead atoms. The molecule has 0 aliphatic heterocycles. The Bertz CT molecular complexity index is 746. The van der Waals surface area contributed by atoms with E-state index in [1.807, 2.05) is 0 Å². The maximum absolute atomic E-state index is 12.0. The Morgan fingerprint density at radius 2 is 2.23 bits per heavy atom. The summed E-state index contributed by atoms with van der Waals surface area (Å²) in [4.78, 5) is 4.99. The normalized spacial score (nSPS) is 11.4. The summed E-state index contributed by atoms with van der Waals surface area (Å²) < 4.78 is 29.7. The zero-order valence-corrected chi connectivity index (χ0v) is 14.1. The number of rotatable bonds is 7. The molecular weight excluding hydrogens is 348 g/mol. The number of nitrogens with one attached hydrogen (secondary N) is 1. The summed E-state index contributed by atoms with van der Waals surface area (Å²) in [6.45, 7) is 0.0285. The van der Waals surface area contributed by atoms with Crippen molar-refractivity contribution in [1.29, 1.82) is 0 Å². The number of aliphatic hydroxyl groups is 1. The van der Waals surface area contributed by atoms with E-state index in [0.29, 0.717) is 22.4 Å². The van der Waals surface area contributed by atoms with Crippen LogP contribution in [0.25, 0.3) is 0 Å². The second-order valence-electron chi connectivity index (χ2n) is 4.34. The highest BCUT2D eigenvalue weighted by Crippen LogP contribution is 2.29. The molecule has 6 nitrogen and oxygen atoms in total. The Kier molecular flexibility index (Phi) is 5.63. The molecule has 0 unspecified atom stereocenters. The van der Waals surface area contributed by atoms with Crippen LogP contribution in [0.2, 0.25) is 4.47 Å². The van der Waals surface area contributed by atoms with Crippen LogP contribution in [-0.2, 0) is 16.4 Å². The summed E-state index contributed by atoms with van der Waals surface area (Å²) in [6.07, 6.45) is 1.65. The lowest BCUT2D eigenvalue weighted by Crippen LogP contribution is -2.11. The van der Waals surface area contributed by atoms with Gasteiger partial charge < -0.3 is 15.2 Å². The zero-order chi connectivity index (χ0) is 16.2. The molecule has 0 amide bonds. The van der Waals surface area contributed by atoms with Crippen molar-refractivity contribution in [2.24, 2.45) is 0 Å². The maximum Gasteiger partial charge on any atom is 0.183 e. The van der Waals surface area contributed by atoms with Crippen LogP contribution in [-0.4, -0.2) is 38.0 Å². The van der Waals surface area contributed by atoms with Gasteiger partial charge in [0.25, 0.3) is 0 Å². The molecule has 1 aromatic carbocycles. The zero-order valence-electron chi connectivity index (χ0n) is 11.7. The Hall–Kier alpha value is -1.35. The molecule has 22 heavy (non-hydrogen) atoms. The van der Waals surface area contributed by atoms with Gasteiger partial charge in [0.2, 0.25) is 0 Å². The first-order valence-electron chi connectivity index (χ1n) is 6.32. The minimum Gasteiger partial charge on any atom is -0.495 e. The number of hydrogen-bond donors (Lipinski definition) is 2. The molecule has 0 fully saturated rings. The first kappa shape index (κ1) is 17.0. The molecule has 1 aromatic heterocycles. The minimum absolute atomic E-state index is 0.132. The Morgan fingerprint density at radius 1 is 1.45 bits per heavy atom. The topological polar surface area (TPSA) is 88.5 Å². The van der Waals surface area contributed by atoms with Crippen LogP contribution >= 0.6 is 22.9 Å². The van der Waals surface area contributed by atoms with Gasteiger partial charge in [-0.25, -0.2) is 13.4 Å².